The number of hydrogen-bond donors (Lipinski definition) is 1. The molecule has 0 radical (unpaired) electrons. The maximum Gasteiger partial charge on any atom is 0.262 e. The van der Waals surface area contributed by atoms with Crippen molar-refractivity contribution in [2.45, 2.75) is 25.5 Å². The van der Waals surface area contributed by atoms with Crippen LogP contribution in [0.5, 0.6) is 5.75 Å². The van der Waals surface area contributed by atoms with Gasteiger partial charge >= 0.3 is 0 Å². The molecule has 0 unspecified atom stereocenters. The van der Waals surface area contributed by atoms with Crippen molar-refractivity contribution in [2.75, 3.05) is 18.2 Å². The van der Waals surface area contributed by atoms with Crippen LogP contribution in [0.2, 0.25) is 5.02 Å². The van der Waals surface area contributed by atoms with E-state index in [1.807, 2.05) is 36.4 Å². The second-order valence-corrected chi connectivity index (χ2v) is 9.01. The van der Waals surface area contributed by atoms with E-state index in [0.29, 0.717) is 44.8 Å². The van der Waals surface area contributed by atoms with E-state index in [2.05, 4.69) is 15.5 Å². The Morgan fingerprint density at radius 2 is 2.00 bits per heavy atom. The first kappa shape index (κ1) is 22.2. The molecule has 0 fully saturated rings. The number of amides is 1. The van der Waals surface area contributed by atoms with Gasteiger partial charge in [-0.1, -0.05) is 49.3 Å². The Balaban J connectivity index is 1.66. The number of hydrogen-bond acceptors (Lipinski definition) is 6. The number of thioether (sulfide) groups is 1. The number of halogens is 1. The number of rotatable bonds is 7. The van der Waals surface area contributed by atoms with E-state index in [-0.39, 0.29) is 23.1 Å². The van der Waals surface area contributed by atoms with Crippen LogP contribution in [0.4, 0.5) is 5.69 Å². The molecule has 2 aromatic heterocycles. The van der Waals surface area contributed by atoms with Gasteiger partial charge in [-0.2, -0.15) is 0 Å². The average Bonchev–Trinajstić information content (AvgIpc) is 3.19. The highest BCUT2D eigenvalue weighted by Gasteiger charge is 2.18. The van der Waals surface area contributed by atoms with Gasteiger partial charge in [0.05, 0.1) is 29.5 Å². The molecule has 0 aliphatic rings. The summed E-state index contributed by atoms with van der Waals surface area (Å²) >= 11 is 7.28. The van der Waals surface area contributed by atoms with Gasteiger partial charge in [-0.3, -0.25) is 18.6 Å². The molecule has 0 aliphatic carbocycles. The van der Waals surface area contributed by atoms with Crippen LogP contribution in [0.25, 0.3) is 16.7 Å². The summed E-state index contributed by atoms with van der Waals surface area (Å²) in [7, 11) is 1.53. The number of aromatic nitrogens is 4. The number of benzene rings is 2. The van der Waals surface area contributed by atoms with E-state index in [9.17, 15) is 9.59 Å². The zero-order valence-electron chi connectivity index (χ0n) is 17.8. The summed E-state index contributed by atoms with van der Waals surface area (Å²) in [6.07, 6.45) is 0. The van der Waals surface area contributed by atoms with Crippen molar-refractivity contribution in [3.05, 3.63) is 57.8 Å². The molecule has 4 aromatic rings. The number of nitrogens with zero attached hydrogens (tertiary/aromatic N) is 4. The fourth-order valence-electron chi connectivity index (χ4n) is 3.45. The van der Waals surface area contributed by atoms with Gasteiger partial charge in [0.2, 0.25) is 11.7 Å². The maximum absolute atomic E-state index is 13.0. The predicted octanol–water partition coefficient (Wildman–Crippen LogP) is 4.09. The molecular formula is C22H22ClN5O3S. The van der Waals surface area contributed by atoms with Crippen LogP contribution in [0.3, 0.4) is 0 Å². The smallest absolute Gasteiger partial charge is 0.262 e. The molecule has 1 amide bonds. The first-order valence-corrected chi connectivity index (χ1v) is 11.4. The summed E-state index contributed by atoms with van der Waals surface area (Å²) in [5.41, 5.74) is 1.10. The van der Waals surface area contributed by atoms with Gasteiger partial charge in [-0.05, 0) is 36.2 Å². The van der Waals surface area contributed by atoms with Gasteiger partial charge in [-0.25, -0.2) is 0 Å². The highest BCUT2D eigenvalue weighted by molar-refractivity contribution is 7.99. The van der Waals surface area contributed by atoms with Gasteiger partial charge in [0.1, 0.15) is 5.75 Å². The minimum Gasteiger partial charge on any atom is -0.495 e. The van der Waals surface area contributed by atoms with Crippen molar-refractivity contribution < 1.29 is 9.53 Å². The summed E-state index contributed by atoms with van der Waals surface area (Å²) < 4.78 is 8.74. The van der Waals surface area contributed by atoms with Crippen molar-refractivity contribution in [1.82, 2.24) is 19.2 Å². The average molecular weight is 472 g/mol. The first-order valence-electron chi connectivity index (χ1n) is 10.0. The number of ether oxygens (including phenoxy) is 1. The van der Waals surface area contributed by atoms with Crippen molar-refractivity contribution in [3.63, 3.8) is 0 Å². The minimum absolute atomic E-state index is 0.0914. The van der Waals surface area contributed by atoms with E-state index >= 15 is 0 Å². The van der Waals surface area contributed by atoms with Gasteiger partial charge < -0.3 is 10.1 Å². The number of nitrogens with one attached hydrogen (secondary N) is 1. The Bertz CT molecular complexity index is 1370. The van der Waals surface area contributed by atoms with Crippen LogP contribution in [0.1, 0.15) is 13.8 Å². The van der Waals surface area contributed by atoms with Crippen LogP contribution in [-0.4, -0.2) is 37.9 Å². The first-order chi connectivity index (χ1) is 15.4. The lowest BCUT2D eigenvalue weighted by Gasteiger charge is -2.13. The van der Waals surface area contributed by atoms with Crippen molar-refractivity contribution in [3.8, 4) is 5.75 Å². The lowest BCUT2D eigenvalue weighted by atomic mass is 10.2. The van der Waals surface area contributed by atoms with E-state index in [1.54, 1.807) is 28.8 Å². The Kier molecular flexibility index (Phi) is 6.38. The van der Waals surface area contributed by atoms with Gasteiger partial charge in [0.25, 0.3) is 5.56 Å². The topological polar surface area (TPSA) is 90.5 Å². The van der Waals surface area contributed by atoms with E-state index < -0.39 is 0 Å². The van der Waals surface area contributed by atoms with Crippen LogP contribution in [0, 0.1) is 5.92 Å². The summed E-state index contributed by atoms with van der Waals surface area (Å²) in [6, 6.07) is 12.4. The zero-order chi connectivity index (χ0) is 22.8. The van der Waals surface area contributed by atoms with Crippen LogP contribution < -0.4 is 15.6 Å². The molecule has 0 saturated heterocycles. The van der Waals surface area contributed by atoms with E-state index in [1.165, 1.54) is 18.9 Å². The van der Waals surface area contributed by atoms with Crippen molar-refractivity contribution >= 4 is 51.6 Å². The monoisotopic (exact) mass is 471 g/mol. The van der Waals surface area contributed by atoms with Crippen LogP contribution >= 0.6 is 23.4 Å². The molecule has 0 saturated carbocycles. The van der Waals surface area contributed by atoms with E-state index in [4.69, 9.17) is 16.3 Å². The molecule has 32 heavy (non-hydrogen) atoms. The zero-order valence-corrected chi connectivity index (χ0v) is 19.4. The number of fused-ring (bicyclic) bond motifs is 3. The SMILES string of the molecule is COc1ccc(Cl)cc1NC(=O)CSc1nnc2n(CC(C)C)c(=O)c3ccccc3n12. The largest absolute Gasteiger partial charge is 0.495 e. The molecule has 10 heteroatoms. The summed E-state index contributed by atoms with van der Waals surface area (Å²) in [5.74, 6) is 1.08. The minimum atomic E-state index is -0.243. The maximum atomic E-state index is 13.0. The number of anilines is 1. The van der Waals surface area contributed by atoms with E-state index in [0.717, 1.165) is 0 Å². The highest BCUT2D eigenvalue weighted by atomic mass is 35.5. The Labute approximate surface area is 193 Å². The van der Waals surface area contributed by atoms with Crippen molar-refractivity contribution in [1.29, 1.82) is 0 Å². The predicted molar refractivity (Wildman–Crippen MR) is 127 cm³/mol. The van der Waals surface area contributed by atoms with Crippen LogP contribution in [0.15, 0.2) is 52.4 Å². The third-order valence-corrected chi connectivity index (χ3v) is 5.96. The number of para-hydroxylation sites is 1. The number of carbonyl (C=O) groups excluding carboxylic acids is 1. The number of methoxy groups -OCH3 is 1. The summed E-state index contributed by atoms with van der Waals surface area (Å²) in [6.45, 7) is 4.60. The van der Waals surface area contributed by atoms with Gasteiger partial charge in [0, 0.05) is 11.6 Å². The third kappa shape index (κ3) is 4.31. The number of carbonyl (C=O) groups is 1. The molecule has 8 nitrogen and oxygen atoms in total. The van der Waals surface area contributed by atoms with Gasteiger partial charge in [-0.15, -0.1) is 10.2 Å². The second-order valence-electron chi connectivity index (χ2n) is 7.63. The summed E-state index contributed by atoms with van der Waals surface area (Å²) in [5, 5.41) is 13.0. The fraction of sp³-hybridized carbons (Fsp3) is 0.273. The molecule has 1 N–H and O–H groups in total. The molecule has 0 bridgehead atoms. The second kappa shape index (κ2) is 9.22. The van der Waals surface area contributed by atoms with Crippen LogP contribution in [-0.2, 0) is 11.3 Å². The molecule has 2 heterocycles. The lowest BCUT2D eigenvalue weighted by Crippen LogP contribution is -2.25. The lowest BCUT2D eigenvalue weighted by molar-refractivity contribution is -0.113. The Morgan fingerprint density at radius 3 is 2.75 bits per heavy atom. The highest BCUT2D eigenvalue weighted by Crippen LogP contribution is 2.28. The van der Waals surface area contributed by atoms with Gasteiger partial charge in [0.15, 0.2) is 5.16 Å². The van der Waals surface area contributed by atoms with Crippen molar-refractivity contribution in [2.24, 2.45) is 5.92 Å². The molecule has 0 aliphatic heterocycles. The molecular weight excluding hydrogens is 450 g/mol. The summed E-state index contributed by atoms with van der Waals surface area (Å²) in [4.78, 5) is 25.6. The molecule has 166 valence electrons. The molecule has 0 spiro atoms. The molecule has 0 atom stereocenters. The normalized spacial score (nSPS) is 11.4. The quantitative estimate of drug-likeness (QED) is 0.408. The molecule has 2 aromatic carbocycles. The Hall–Kier alpha value is -3.04. The Morgan fingerprint density at radius 1 is 1.22 bits per heavy atom. The fourth-order valence-corrected chi connectivity index (χ4v) is 4.36. The third-order valence-electron chi connectivity index (χ3n) is 4.79. The molecule has 4 rings (SSSR count). The standard InChI is InChI=1S/C22H22ClN5O3S/c1-13(2)11-27-20(30)15-6-4-5-7-17(15)28-21(27)25-26-22(28)32-12-19(29)24-16-10-14(23)8-9-18(16)31-3/h4-10,13H,11-12H2,1-3H3,(H,24,29).